The molecular formula is C19H27N3O3S. The zero-order valence-corrected chi connectivity index (χ0v) is 16.2. The molecule has 1 atom stereocenters. The molecule has 0 radical (unpaired) electrons. The van der Waals surface area contributed by atoms with Gasteiger partial charge in [0, 0.05) is 50.0 Å². The Bertz CT molecular complexity index is 675. The summed E-state index contributed by atoms with van der Waals surface area (Å²) in [4.78, 5) is 33.4. The SMILES string of the molecule is Cc1nc(CC(=O)N2CCC3(CC2)CC(=O)N(C[C@@H]2CCCO2)C3)cs1. The van der Waals surface area contributed by atoms with Crippen LogP contribution in [0.3, 0.4) is 0 Å². The number of hydrogen-bond acceptors (Lipinski definition) is 5. The lowest BCUT2D eigenvalue weighted by Crippen LogP contribution is -2.45. The van der Waals surface area contributed by atoms with Crippen molar-refractivity contribution in [3.63, 3.8) is 0 Å². The molecule has 0 aliphatic carbocycles. The number of likely N-dealkylation sites (tertiary alicyclic amines) is 2. The average Bonchev–Trinajstić information content (AvgIpc) is 3.32. The van der Waals surface area contributed by atoms with Gasteiger partial charge in [-0.2, -0.15) is 0 Å². The van der Waals surface area contributed by atoms with E-state index in [9.17, 15) is 9.59 Å². The molecule has 7 heteroatoms. The van der Waals surface area contributed by atoms with Gasteiger partial charge in [-0.1, -0.05) is 0 Å². The summed E-state index contributed by atoms with van der Waals surface area (Å²) in [7, 11) is 0. The summed E-state index contributed by atoms with van der Waals surface area (Å²) in [5, 5.41) is 2.97. The maximum absolute atomic E-state index is 12.5. The average molecular weight is 378 g/mol. The first-order valence-electron chi connectivity index (χ1n) is 9.61. The quantitative estimate of drug-likeness (QED) is 0.805. The molecule has 0 N–H and O–H groups in total. The lowest BCUT2D eigenvalue weighted by Gasteiger charge is -2.39. The molecule has 3 saturated heterocycles. The molecule has 1 aromatic rings. The van der Waals surface area contributed by atoms with Crippen LogP contribution in [-0.2, 0) is 20.7 Å². The predicted octanol–water partition coefficient (Wildman–Crippen LogP) is 2.01. The molecule has 0 saturated carbocycles. The summed E-state index contributed by atoms with van der Waals surface area (Å²) in [5.41, 5.74) is 0.931. The van der Waals surface area contributed by atoms with Crippen molar-refractivity contribution in [3.8, 4) is 0 Å². The molecule has 3 aliphatic heterocycles. The van der Waals surface area contributed by atoms with Gasteiger partial charge in [0.15, 0.2) is 0 Å². The Morgan fingerprint density at radius 3 is 2.88 bits per heavy atom. The first-order valence-corrected chi connectivity index (χ1v) is 10.5. The number of ether oxygens (including phenoxy) is 1. The van der Waals surface area contributed by atoms with E-state index >= 15 is 0 Å². The Balaban J connectivity index is 1.30. The molecular weight excluding hydrogens is 350 g/mol. The van der Waals surface area contributed by atoms with Gasteiger partial charge in [-0.3, -0.25) is 9.59 Å². The van der Waals surface area contributed by atoms with E-state index in [1.54, 1.807) is 11.3 Å². The maximum atomic E-state index is 12.5. The fourth-order valence-corrected chi connectivity index (χ4v) is 5.12. The van der Waals surface area contributed by atoms with Crippen LogP contribution in [0.25, 0.3) is 0 Å². The highest BCUT2D eigenvalue weighted by Gasteiger charge is 2.45. The van der Waals surface area contributed by atoms with Crippen molar-refractivity contribution < 1.29 is 14.3 Å². The standard InChI is InChI=1S/C19H27N3O3S/c1-14-20-15(12-26-14)9-17(23)21-6-4-19(5-7-21)10-18(24)22(13-19)11-16-3-2-8-25-16/h12,16H,2-11,13H2,1H3/t16-/m0/s1. The molecule has 4 heterocycles. The van der Waals surface area contributed by atoms with Crippen molar-refractivity contribution in [2.45, 2.75) is 51.6 Å². The highest BCUT2D eigenvalue weighted by molar-refractivity contribution is 7.09. The fraction of sp³-hybridized carbons (Fsp3) is 0.737. The van der Waals surface area contributed by atoms with Crippen LogP contribution in [0.1, 0.15) is 42.8 Å². The fourth-order valence-electron chi connectivity index (χ4n) is 4.50. The van der Waals surface area contributed by atoms with Gasteiger partial charge in [0.1, 0.15) is 0 Å². The molecule has 1 spiro atoms. The van der Waals surface area contributed by atoms with Gasteiger partial charge in [-0.25, -0.2) is 4.98 Å². The van der Waals surface area contributed by atoms with Crippen molar-refractivity contribution >= 4 is 23.2 Å². The Morgan fingerprint density at radius 2 is 2.23 bits per heavy atom. The zero-order valence-electron chi connectivity index (χ0n) is 15.4. The van der Waals surface area contributed by atoms with Crippen molar-refractivity contribution in [3.05, 3.63) is 16.1 Å². The van der Waals surface area contributed by atoms with E-state index in [0.717, 1.165) is 69.2 Å². The summed E-state index contributed by atoms with van der Waals surface area (Å²) in [6.07, 6.45) is 5.25. The second kappa shape index (κ2) is 7.27. The molecule has 4 rings (SSSR count). The lowest BCUT2D eigenvalue weighted by atomic mass is 9.77. The van der Waals surface area contributed by atoms with E-state index < -0.39 is 0 Å². The Kier molecular flexibility index (Phi) is 5.01. The summed E-state index contributed by atoms with van der Waals surface area (Å²) >= 11 is 1.59. The highest BCUT2D eigenvalue weighted by Crippen LogP contribution is 2.41. The summed E-state index contributed by atoms with van der Waals surface area (Å²) in [6, 6.07) is 0. The minimum atomic E-state index is 0.0592. The highest BCUT2D eigenvalue weighted by atomic mass is 32.1. The molecule has 1 aromatic heterocycles. The van der Waals surface area contributed by atoms with Crippen LogP contribution < -0.4 is 0 Å². The summed E-state index contributed by atoms with van der Waals surface area (Å²) < 4.78 is 5.69. The Hall–Kier alpha value is -1.47. The Morgan fingerprint density at radius 1 is 1.42 bits per heavy atom. The van der Waals surface area contributed by atoms with Crippen molar-refractivity contribution in [2.24, 2.45) is 5.41 Å². The number of rotatable bonds is 4. The molecule has 26 heavy (non-hydrogen) atoms. The number of aromatic nitrogens is 1. The molecule has 142 valence electrons. The van der Waals surface area contributed by atoms with Crippen LogP contribution in [0.2, 0.25) is 0 Å². The largest absolute Gasteiger partial charge is 0.376 e. The van der Waals surface area contributed by atoms with Crippen molar-refractivity contribution in [2.75, 3.05) is 32.8 Å². The number of nitrogens with zero attached hydrogens (tertiary/aromatic N) is 3. The molecule has 3 aliphatic rings. The van der Waals surface area contributed by atoms with E-state index in [0.29, 0.717) is 12.8 Å². The number of amides is 2. The van der Waals surface area contributed by atoms with E-state index in [2.05, 4.69) is 4.98 Å². The lowest BCUT2D eigenvalue weighted by molar-refractivity contribution is -0.132. The zero-order chi connectivity index (χ0) is 18.1. The van der Waals surface area contributed by atoms with E-state index in [1.807, 2.05) is 22.1 Å². The van der Waals surface area contributed by atoms with Crippen LogP contribution in [-0.4, -0.2) is 65.5 Å². The smallest absolute Gasteiger partial charge is 0.228 e. The monoisotopic (exact) mass is 377 g/mol. The topological polar surface area (TPSA) is 62.7 Å². The molecule has 0 aromatic carbocycles. The molecule has 3 fully saturated rings. The van der Waals surface area contributed by atoms with Gasteiger partial charge in [-0.15, -0.1) is 11.3 Å². The molecule has 0 bridgehead atoms. The third kappa shape index (κ3) is 3.78. The number of carbonyl (C=O) groups excluding carboxylic acids is 2. The third-order valence-corrected chi connectivity index (χ3v) is 6.85. The van der Waals surface area contributed by atoms with Gasteiger partial charge in [0.25, 0.3) is 0 Å². The third-order valence-electron chi connectivity index (χ3n) is 6.03. The van der Waals surface area contributed by atoms with Gasteiger partial charge in [0.05, 0.1) is 23.2 Å². The second-order valence-corrected chi connectivity index (χ2v) is 9.06. The first-order chi connectivity index (χ1) is 12.5. The molecule has 6 nitrogen and oxygen atoms in total. The minimum absolute atomic E-state index is 0.0592. The maximum Gasteiger partial charge on any atom is 0.228 e. The predicted molar refractivity (Wildman–Crippen MR) is 99.0 cm³/mol. The van der Waals surface area contributed by atoms with Crippen LogP contribution in [0.15, 0.2) is 5.38 Å². The summed E-state index contributed by atoms with van der Waals surface area (Å²) in [5.74, 6) is 0.420. The van der Waals surface area contributed by atoms with Crippen LogP contribution >= 0.6 is 11.3 Å². The number of hydrogen-bond donors (Lipinski definition) is 0. The van der Waals surface area contributed by atoms with Gasteiger partial charge in [0.2, 0.25) is 11.8 Å². The minimum Gasteiger partial charge on any atom is -0.376 e. The number of thiazole rings is 1. The number of aryl methyl sites for hydroxylation is 1. The number of carbonyl (C=O) groups is 2. The van der Waals surface area contributed by atoms with Gasteiger partial charge < -0.3 is 14.5 Å². The second-order valence-electron chi connectivity index (χ2n) is 8.00. The van der Waals surface area contributed by atoms with Gasteiger partial charge in [-0.05, 0) is 32.6 Å². The van der Waals surface area contributed by atoms with E-state index in [1.165, 1.54) is 0 Å². The van der Waals surface area contributed by atoms with E-state index in [-0.39, 0.29) is 23.3 Å². The summed E-state index contributed by atoms with van der Waals surface area (Å²) in [6.45, 7) is 5.87. The Labute approximate surface area is 158 Å². The van der Waals surface area contributed by atoms with Crippen LogP contribution in [0.4, 0.5) is 0 Å². The van der Waals surface area contributed by atoms with Crippen LogP contribution in [0, 0.1) is 12.3 Å². The molecule has 0 unspecified atom stereocenters. The van der Waals surface area contributed by atoms with Crippen LogP contribution in [0.5, 0.6) is 0 Å². The normalized spacial score (nSPS) is 25.4. The van der Waals surface area contributed by atoms with E-state index in [4.69, 9.17) is 4.74 Å². The van der Waals surface area contributed by atoms with Gasteiger partial charge >= 0.3 is 0 Å². The molecule has 2 amide bonds. The van der Waals surface area contributed by atoms with Crippen molar-refractivity contribution in [1.29, 1.82) is 0 Å². The van der Waals surface area contributed by atoms with Crippen molar-refractivity contribution in [1.82, 2.24) is 14.8 Å². The first kappa shape index (κ1) is 17.9. The number of piperidine rings is 1.